The Hall–Kier alpha value is -0.670. The Morgan fingerprint density at radius 2 is 2.08 bits per heavy atom. The Labute approximate surface area is 78.0 Å². The van der Waals surface area contributed by atoms with E-state index in [9.17, 15) is 0 Å². The van der Waals surface area contributed by atoms with Crippen molar-refractivity contribution in [2.45, 2.75) is 12.8 Å². The SMILES string of the molecule is Cl.c1ncc2c(n1)CCNCC2. The standard InChI is InChI=1S/C8H11N3.ClH/c1-3-9-4-2-8-7(1)5-10-6-11-8;/h5-6,9H,1-4H2;1H. The summed E-state index contributed by atoms with van der Waals surface area (Å²) in [5.74, 6) is 0. The first kappa shape index (κ1) is 9.42. The van der Waals surface area contributed by atoms with E-state index in [1.54, 1.807) is 6.33 Å². The summed E-state index contributed by atoms with van der Waals surface area (Å²) in [5.41, 5.74) is 2.52. The van der Waals surface area contributed by atoms with Gasteiger partial charge in [0.25, 0.3) is 0 Å². The van der Waals surface area contributed by atoms with Crippen LogP contribution in [0.2, 0.25) is 0 Å². The summed E-state index contributed by atoms with van der Waals surface area (Å²) in [6.07, 6.45) is 5.66. The number of halogens is 1. The van der Waals surface area contributed by atoms with Gasteiger partial charge in [0.2, 0.25) is 0 Å². The molecule has 0 unspecified atom stereocenters. The summed E-state index contributed by atoms with van der Waals surface area (Å²) in [4.78, 5) is 8.23. The number of nitrogens with zero attached hydrogens (tertiary/aromatic N) is 2. The van der Waals surface area contributed by atoms with Crippen molar-refractivity contribution in [3.05, 3.63) is 23.8 Å². The van der Waals surface area contributed by atoms with Crippen LogP contribution in [0, 0.1) is 0 Å². The molecule has 12 heavy (non-hydrogen) atoms. The van der Waals surface area contributed by atoms with Crippen molar-refractivity contribution < 1.29 is 0 Å². The van der Waals surface area contributed by atoms with Crippen LogP contribution < -0.4 is 5.32 Å². The van der Waals surface area contributed by atoms with Gasteiger partial charge in [0.1, 0.15) is 6.33 Å². The van der Waals surface area contributed by atoms with Gasteiger partial charge in [-0.1, -0.05) is 0 Å². The summed E-state index contributed by atoms with van der Waals surface area (Å²) >= 11 is 0. The van der Waals surface area contributed by atoms with Gasteiger partial charge in [-0.2, -0.15) is 0 Å². The summed E-state index contributed by atoms with van der Waals surface area (Å²) in [7, 11) is 0. The summed E-state index contributed by atoms with van der Waals surface area (Å²) in [5, 5.41) is 3.33. The molecule has 0 aromatic carbocycles. The van der Waals surface area contributed by atoms with E-state index >= 15 is 0 Å². The van der Waals surface area contributed by atoms with Crippen LogP contribution in [0.25, 0.3) is 0 Å². The molecule has 0 saturated heterocycles. The van der Waals surface area contributed by atoms with E-state index in [0.717, 1.165) is 25.9 Å². The van der Waals surface area contributed by atoms with Crippen molar-refractivity contribution in [1.82, 2.24) is 15.3 Å². The number of aromatic nitrogens is 2. The maximum Gasteiger partial charge on any atom is 0.115 e. The molecule has 0 radical (unpaired) electrons. The highest BCUT2D eigenvalue weighted by Crippen LogP contribution is 2.06. The second kappa shape index (κ2) is 4.38. The molecule has 0 amide bonds. The van der Waals surface area contributed by atoms with Crippen LogP contribution in [0.1, 0.15) is 11.3 Å². The van der Waals surface area contributed by atoms with Crippen molar-refractivity contribution in [2.75, 3.05) is 13.1 Å². The molecule has 2 rings (SSSR count). The van der Waals surface area contributed by atoms with Gasteiger partial charge in [-0.15, -0.1) is 12.4 Å². The van der Waals surface area contributed by atoms with Crippen LogP contribution in [0.15, 0.2) is 12.5 Å². The van der Waals surface area contributed by atoms with Gasteiger partial charge in [0, 0.05) is 24.9 Å². The van der Waals surface area contributed by atoms with Gasteiger partial charge in [-0.05, 0) is 18.5 Å². The van der Waals surface area contributed by atoms with Gasteiger partial charge >= 0.3 is 0 Å². The number of hydrogen-bond acceptors (Lipinski definition) is 3. The third kappa shape index (κ3) is 1.93. The molecule has 0 atom stereocenters. The van der Waals surface area contributed by atoms with E-state index in [1.807, 2.05) is 6.20 Å². The second-order valence-corrected chi connectivity index (χ2v) is 2.74. The summed E-state index contributed by atoms with van der Waals surface area (Å²) in [6, 6.07) is 0. The molecule has 4 heteroatoms. The van der Waals surface area contributed by atoms with Crippen LogP contribution in [-0.4, -0.2) is 23.1 Å². The van der Waals surface area contributed by atoms with Gasteiger partial charge < -0.3 is 5.32 Å². The monoisotopic (exact) mass is 185 g/mol. The van der Waals surface area contributed by atoms with E-state index in [2.05, 4.69) is 15.3 Å². The Bertz CT molecular complexity index is 227. The van der Waals surface area contributed by atoms with Crippen molar-refractivity contribution in [2.24, 2.45) is 0 Å². The fraction of sp³-hybridized carbons (Fsp3) is 0.500. The Balaban J connectivity index is 0.000000720. The largest absolute Gasteiger partial charge is 0.316 e. The Morgan fingerprint density at radius 3 is 3.00 bits per heavy atom. The zero-order chi connectivity index (χ0) is 7.52. The number of rotatable bonds is 0. The molecule has 3 nitrogen and oxygen atoms in total. The van der Waals surface area contributed by atoms with Crippen molar-refractivity contribution >= 4 is 12.4 Å². The third-order valence-electron chi connectivity index (χ3n) is 1.99. The smallest absolute Gasteiger partial charge is 0.115 e. The van der Waals surface area contributed by atoms with E-state index in [-0.39, 0.29) is 12.4 Å². The molecule has 0 bridgehead atoms. The molecule has 66 valence electrons. The molecule has 1 aliphatic heterocycles. The predicted molar refractivity (Wildman–Crippen MR) is 49.6 cm³/mol. The molecule has 0 aliphatic carbocycles. The summed E-state index contributed by atoms with van der Waals surface area (Å²) < 4.78 is 0. The number of nitrogens with one attached hydrogen (secondary N) is 1. The van der Waals surface area contributed by atoms with Crippen LogP contribution in [0.3, 0.4) is 0 Å². The highest BCUT2D eigenvalue weighted by molar-refractivity contribution is 5.85. The van der Waals surface area contributed by atoms with Crippen molar-refractivity contribution in [1.29, 1.82) is 0 Å². The minimum absolute atomic E-state index is 0. The first-order valence-corrected chi connectivity index (χ1v) is 3.95. The van der Waals surface area contributed by atoms with Gasteiger partial charge in [0.15, 0.2) is 0 Å². The van der Waals surface area contributed by atoms with Crippen LogP contribution in [0.5, 0.6) is 0 Å². The first-order valence-electron chi connectivity index (χ1n) is 3.95. The lowest BCUT2D eigenvalue weighted by Gasteiger charge is -1.99. The molecule has 1 N–H and O–H groups in total. The highest BCUT2D eigenvalue weighted by atomic mass is 35.5. The van der Waals surface area contributed by atoms with E-state index in [0.29, 0.717) is 0 Å². The lowest BCUT2D eigenvalue weighted by molar-refractivity contribution is 0.708. The van der Waals surface area contributed by atoms with Crippen LogP contribution in [-0.2, 0) is 12.8 Å². The van der Waals surface area contributed by atoms with E-state index in [4.69, 9.17) is 0 Å². The Morgan fingerprint density at radius 1 is 1.25 bits per heavy atom. The third-order valence-corrected chi connectivity index (χ3v) is 1.99. The zero-order valence-corrected chi connectivity index (χ0v) is 7.60. The quantitative estimate of drug-likeness (QED) is 0.643. The number of hydrogen-bond donors (Lipinski definition) is 1. The van der Waals surface area contributed by atoms with Crippen molar-refractivity contribution in [3.8, 4) is 0 Å². The normalized spacial score (nSPS) is 15.7. The molecule has 0 fully saturated rings. The molecular formula is C8H12ClN3. The molecular weight excluding hydrogens is 174 g/mol. The lowest BCUT2D eigenvalue weighted by atomic mass is 10.1. The van der Waals surface area contributed by atoms with Gasteiger partial charge in [0.05, 0.1) is 0 Å². The van der Waals surface area contributed by atoms with Crippen LogP contribution in [0.4, 0.5) is 0 Å². The maximum atomic E-state index is 4.23. The van der Waals surface area contributed by atoms with E-state index < -0.39 is 0 Å². The average molecular weight is 186 g/mol. The zero-order valence-electron chi connectivity index (χ0n) is 6.79. The first-order chi connectivity index (χ1) is 5.47. The van der Waals surface area contributed by atoms with E-state index in [1.165, 1.54) is 11.3 Å². The van der Waals surface area contributed by atoms with Gasteiger partial charge in [-0.3, -0.25) is 0 Å². The molecule has 1 aliphatic rings. The minimum atomic E-state index is 0. The Kier molecular flexibility index (Phi) is 3.44. The summed E-state index contributed by atoms with van der Waals surface area (Å²) in [6.45, 7) is 2.10. The number of fused-ring (bicyclic) bond motifs is 1. The minimum Gasteiger partial charge on any atom is -0.316 e. The fourth-order valence-electron chi connectivity index (χ4n) is 1.37. The average Bonchev–Trinajstić information content (AvgIpc) is 2.28. The lowest BCUT2D eigenvalue weighted by Crippen LogP contribution is -2.16. The molecule has 1 aromatic heterocycles. The second-order valence-electron chi connectivity index (χ2n) is 2.74. The molecule has 1 aromatic rings. The highest BCUT2D eigenvalue weighted by Gasteiger charge is 2.06. The maximum absolute atomic E-state index is 4.23. The van der Waals surface area contributed by atoms with Gasteiger partial charge in [-0.25, -0.2) is 9.97 Å². The topological polar surface area (TPSA) is 37.8 Å². The molecule has 0 saturated carbocycles. The predicted octanol–water partition coefficient (Wildman–Crippen LogP) is 0.587. The van der Waals surface area contributed by atoms with Crippen molar-refractivity contribution in [3.63, 3.8) is 0 Å². The molecule has 2 heterocycles. The fourth-order valence-corrected chi connectivity index (χ4v) is 1.37. The molecule has 0 spiro atoms. The van der Waals surface area contributed by atoms with Crippen LogP contribution >= 0.6 is 12.4 Å².